The van der Waals surface area contributed by atoms with E-state index in [2.05, 4.69) is 11.9 Å². The topological polar surface area (TPSA) is 71.1 Å². The van der Waals surface area contributed by atoms with Crippen LogP contribution >= 0.6 is 0 Å². The van der Waals surface area contributed by atoms with Crippen molar-refractivity contribution in [2.45, 2.75) is 39.4 Å². The molecule has 2 aromatic carbocycles. The number of hydrogen-bond donors (Lipinski definition) is 0. The predicted molar refractivity (Wildman–Crippen MR) is 121 cm³/mol. The zero-order chi connectivity index (χ0) is 21.6. The molecule has 4 aromatic rings. The molecule has 2 aromatic heterocycles. The van der Waals surface area contributed by atoms with E-state index in [1.807, 2.05) is 65.2 Å². The van der Waals surface area contributed by atoms with Gasteiger partial charge in [0.2, 0.25) is 0 Å². The lowest BCUT2D eigenvalue weighted by Crippen LogP contribution is -2.41. The van der Waals surface area contributed by atoms with Crippen LogP contribution in [0.15, 0.2) is 76.6 Å². The van der Waals surface area contributed by atoms with E-state index >= 15 is 0 Å². The lowest BCUT2D eigenvalue weighted by atomic mass is 10.2. The number of benzene rings is 2. The zero-order valence-electron chi connectivity index (χ0n) is 17.6. The van der Waals surface area contributed by atoms with Crippen LogP contribution in [-0.4, -0.2) is 25.3 Å². The van der Waals surface area contributed by atoms with E-state index in [-0.39, 0.29) is 24.4 Å². The Morgan fingerprint density at radius 3 is 2.32 bits per heavy atom. The van der Waals surface area contributed by atoms with Crippen molar-refractivity contribution < 1.29 is 4.74 Å². The third kappa shape index (κ3) is 4.45. The minimum atomic E-state index is -0.340. The van der Waals surface area contributed by atoms with Crippen LogP contribution in [0.5, 0.6) is 5.75 Å². The summed E-state index contributed by atoms with van der Waals surface area (Å²) in [7, 11) is 0. The van der Waals surface area contributed by atoms with Gasteiger partial charge >= 0.3 is 5.69 Å². The normalized spacial score (nSPS) is 11.1. The molecule has 4 rings (SSSR count). The number of unbranched alkanes of at least 4 members (excludes halogenated alkanes) is 1. The largest absolute Gasteiger partial charge is 0.492 e. The van der Waals surface area contributed by atoms with E-state index < -0.39 is 0 Å². The summed E-state index contributed by atoms with van der Waals surface area (Å²) >= 11 is 0. The van der Waals surface area contributed by atoms with E-state index in [4.69, 9.17) is 4.74 Å². The molecule has 0 N–H and O–H groups in total. The minimum absolute atomic E-state index is 0.172. The summed E-state index contributed by atoms with van der Waals surface area (Å²) in [5, 5.41) is 0. The van der Waals surface area contributed by atoms with Crippen LogP contribution in [0.1, 0.15) is 25.3 Å². The molecule has 7 heteroatoms. The maximum absolute atomic E-state index is 13.3. The zero-order valence-corrected chi connectivity index (χ0v) is 17.6. The number of aryl methyl sites for hydroxylation is 1. The van der Waals surface area contributed by atoms with Gasteiger partial charge in [-0.25, -0.2) is 9.78 Å². The van der Waals surface area contributed by atoms with Gasteiger partial charge in [-0.15, -0.1) is 0 Å². The van der Waals surface area contributed by atoms with E-state index in [1.54, 1.807) is 10.9 Å². The molecule has 0 atom stereocenters. The van der Waals surface area contributed by atoms with Crippen LogP contribution in [0.25, 0.3) is 11.2 Å². The summed E-state index contributed by atoms with van der Waals surface area (Å²) in [5.74, 6) is 0.706. The van der Waals surface area contributed by atoms with Crippen molar-refractivity contribution in [2.75, 3.05) is 6.61 Å². The Kier molecular flexibility index (Phi) is 6.31. The molecule has 0 unspecified atom stereocenters. The first-order valence-electron chi connectivity index (χ1n) is 10.6. The van der Waals surface area contributed by atoms with Crippen LogP contribution in [-0.2, 0) is 19.6 Å². The standard InChI is InChI=1S/C24H26N4O3/c1-2-3-14-27-22-21(26(18-25-22)17-19-10-6-4-7-11-19)23(29)28(24(27)30)15-16-31-20-12-8-5-9-13-20/h4-13,18H,2-3,14-17H2,1H3. The fraction of sp³-hybridized carbons (Fsp3) is 0.292. The van der Waals surface area contributed by atoms with Gasteiger partial charge in [0, 0.05) is 13.1 Å². The number of nitrogens with zero attached hydrogens (tertiary/aromatic N) is 4. The highest BCUT2D eigenvalue weighted by Crippen LogP contribution is 2.12. The van der Waals surface area contributed by atoms with Crippen molar-refractivity contribution in [3.63, 3.8) is 0 Å². The maximum Gasteiger partial charge on any atom is 0.332 e. The first kappa shape index (κ1) is 20.7. The Balaban J connectivity index is 1.72. The van der Waals surface area contributed by atoms with Crippen molar-refractivity contribution in [3.8, 4) is 5.75 Å². The van der Waals surface area contributed by atoms with Crippen LogP contribution in [0.2, 0.25) is 0 Å². The van der Waals surface area contributed by atoms with Crippen LogP contribution in [0.4, 0.5) is 0 Å². The summed E-state index contributed by atoms with van der Waals surface area (Å²) in [6.45, 7) is 3.50. The Labute approximate surface area is 180 Å². The van der Waals surface area contributed by atoms with Gasteiger partial charge in [-0.2, -0.15) is 0 Å². The molecule has 0 bridgehead atoms. The van der Waals surface area contributed by atoms with Crippen LogP contribution in [0.3, 0.4) is 0 Å². The summed E-state index contributed by atoms with van der Waals surface area (Å²) < 4.78 is 10.4. The molecule has 0 radical (unpaired) electrons. The highest BCUT2D eigenvalue weighted by Gasteiger charge is 2.18. The van der Waals surface area contributed by atoms with Crippen LogP contribution in [0, 0.1) is 0 Å². The third-order valence-electron chi connectivity index (χ3n) is 5.24. The number of aromatic nitrogens is 4. The Morgan fingerprint density at radius 2 is 1.61 bits per heavy atom. The second-order valence-corrected chi connectivity index (χ2v) is 7.44. The molecule has 0 aliphatic carbocycles. The first-order chi connectivity index (χ1) is 15.2. The van der Waals surface area contributed by atoms with Crippen LogP contribution < -0.4 is 16.0 Å². The molecule has 2 heterocycles. The minimum Gasteiger partial charge on any atom is -0.492 e. The second kappa shape index (κ2) is 9.47. The summed E-state index contributed by atoms with van der Waals surface area (Å²) in [6.07, 6.45) is 3.42. The lowest BCUT2D eigenvalue weighted by molar-refractivity contribution is 0.292. The summed E-state index contributed by atoms with van der Waals surface area (Å²) in [5.41, 5.74) is 1.27. The van der Waals surface area contributed by atoms with E-state index in [0.717, 1.165) is 18.4 Å². The average Bonchev–Trinajstić information content (AvgIpc) is 3.21. The van der Waals surface area contributed by atoms with E-state index in [0.29, 0.717) is 30.0 Å². The average molecular weight is 418 g/mol. The van der Waals surface area contributed by atoms with Gasteiger partial charge in [0.15, 0.2) is 11.2 Å². The van der Waals surface area contributed by atoms with Gasteiger partial charge in [-0.3, -0.25) is 13.9 Å². The number of imidazole rings is 1. The van der Waals surface area contributed by atoms with Gasteiger partial charge in [0.1, 0.15) is 12.4 Å². The van der Waals surface area contributed by atoms with Gasteiger partial charge in [0.25, 0.3) is 5.56 Å². The number of fused-ring (bicyclic) bond motifs is 1. The summed E-state index contributed by atoms with van der Waals surface area (Å²) in [6, 6.07) is 19.3. The highest BCUT2D eigenvalue weighted by atomic mass is 16.5. The molecule has 0 fully saturated rings. The number of hydrogen-bond acceptors (Lipinski definition) is 4. The lowest BCUT2D eigenvalue weighted by Gasteiger charge is -2.13. The monoisotopic (exact) mass is 418 g/mol. The van der Waals surface area contributed by atoms with Crippen molar-refractivity contribution in [2.24, 2.45) is 0 Å². The molecule has 0 aliphatic heterocycles. The molecule has 31 heavy (non-hydrogen) atoms. The smallest absolute Gasteiger partial charge is 0.332 e. The number of rotatable bonds is 9. The molecule has 0 saturated heterocycles. The molecule has 160 valence electrons. The van der Waals surface area contributed by atoms with Crippen molar-refractivity contribution in [3.05, 3.63) is 93.4 Å². The van der Waals surface area contributed by atoms with Crippen molar-refractivity contribution in [1.82, 2.24) is 18.7 Å². The molecule has 7 nitrogen and oxygen atoms in total. The molecule has 0 saturated carbocycles. The highest BCUT2D eigenvalue weighted by molar-refractivity contribution is 5.70. The SMILES string of the molecule is CCCCn1c(=O)n(CCOc2ccccc2)c(=O)c2c1ncn2Cc1ccccc1. The third-order valence-corrected chi connectivity index (χ3v) is 5.24. The Hall–Kier alpha value is -3.61. The number of para-hydroxylation sites is 1. The Morgan fingerprint density at radius 1 is 0.903 bits per heavy atom. The summed E-state index contributed by atoms with van der Waals surface area (Å²) in [4.78, 5) is 30.9. The van der Waals surface area contributed by atoms with Gasteiger partial charge in [-0.1, -0.05) is 61.9 Å². The molecule has 0 amide bonds. The maximum atomic E-state index is 13.3. The Bertz CT molecular complexity index is 1260. The quantitative estimate of drug-likeness (QED) is 0.418. The van der Waals surface area contributed by atoms with Gasteiger partial charge < -0.3 is 9.30 Å². The molecule has 0 spiro atoms. The van der Waals surface area contributed by atoms with E-state index in [1.165, 1.54) is 4.57 Å². The van der Waals surface area contributed by atoms with Crippen molar-refractivity contribution >= 4 is 11.2 Å². The molecule has 0 aliphatic rings. The van der Waals surface area contributed by atoms with Crippen molar-refractivity contribution in [1.29, 1.82) is 0 Å². The fourth-order valence-corrected chi connectivity index (χ4v) is 3.63. The second-order valence-electron chi connectivity index (χ2n) is 7.44. The van der Waals surface area contributed by atoms with E-state index in [9.17, 15) is 9.59 Å². The first-order valence-corrected chi connectivity index (χ1v) is 10.6. The number of ether oxygens (including phenoxy) is 1. The fourth-order valence-electron chi connectivity index (χ4n) is 3.63. The van der Waals surface area contributed by atoms with Gasteiger partial charge in [-0.05, 0) is 24.1 Å². The predicted octanol–water partition coefficient (Wildman–Crippen LogP) is 3.29. The molecular formula is C24H26N4O3. The molecular weight excluding hydrogens is 392 g/mol. The van der Waals surface area contributed by atoms with Gasteiger partial charge in [0.05, 0.1) is 12.9 Å².